The molecule has 1 aromatic carbocycles. The van der Waals surface area contributed by atoms with Gasteiger partial charge in [-0.3, -0.25) is 0 Å². The van der Waals surface area contributed by atoms with Gasteiger partial charge in [0.2, 0.25) is 0 Å². The number of nitrogens with two attached hydrogens (primary N) is 1. The van der Waals surface area contributed by atoms with E-state index in [9.17, 15) is 0 Å². The summed E-state index contributed by atoms with van der Waals surface area (Å²) in [6.07, 6.45) is 2.00. The Labute approximate surface area is 97.5 Å². The fourth-order valence-corrected chi connectivity index (χ4v) is 2.58. The van der Waals surface area contributed by atoms with Gasteiger partial charge < -0.3 is 5.73 Å². The molecular formula is C13H17BN2. The average molecular weight is 212 g/mol. The highest BCUT2D eigenvalue weighted by atomic mass is 14.6. The molecule has 1 saturated heterocycles. The van der Waals surface area contributed by atoms with Crippen molar-refractivity contribution in [3.63, 3.8) is 0 Å². The Hall–Kier alpha value is -1.27. The fourth-order valence-electron chi connectivity index (χ4n) is 2.58. The normalized spacial score (nSPS) is 19.7. The molecule has 2 nitrogen and oxygen atoms in total. The van der Waals surface area contributed by atoms with E-state index in [1.807, 2.05) is 6.07 Å². The minimum atomic E-state index is 0.0363. The summed E-state index contributed by atoms with van der Waals surface area (Å²) in [4.78, 5) is 0. The van der Waals surface area contributed by atoms with Crippen molar-refractivity contribution in [2.75, 3.05) is 6.54 Å². The van der Waals surface area contributed by atoms with E-state index in [0.29, 0.717) is 12.5 Å². The van der Waals surface area contributed by atoms with E-state index in [-0.39, 0.29) is 12.1 Å². The smallest absolute Gasteiger partial charge is 0.268 e. The Morgan fingerprint density at radius 3 is 2.56 bits per heavy atom. The molecule has 1 heterocycles. The van der Waals surface area contributed by atoms with Crippen LogP contribution in [0.25, 0.3) is 0 Å². The molecule has 0 aromatic heterocycles. The summed E-state index contributed by atoms with van der Waals surface area (Å²) in [5.74, 6) is 2.90. The maximum Gasteiger partial charge on any atom is 0.268 e. The summed E-state index contributed by atoms with van der Waals surface area (Å²) in [5.41, 5.74) is 7.29. The second-order valence-corrected chi connectivity index (χ2v) is 4.98. The van der Waals surface area contributed by atoms with Crippen molar-refractivity contribution in [2.24, 2.45) is 11.7 Å². The first-order valence-electron chi connectivity index (χ1n) is 5.86. The molecule has 1 unspecified atom stereocenters. The van der Waals surface area contributed by atoms with Gasteiger partial charge in [0.25, 0.3) is 6.71 Å². The Morgan fingerprint density at radius 2 is 2.06 bits per heavy atom. The van der Waals surface area contributed by atoms with Crippen molar-refractivity contribution in [3.05, 3.63) is 35.9 Å². The Bertz CT molecular complexity index is 392. The van der Waals surface area contributed by atoms with E-state index < -0.39 is 0 Å². The lowest BCUT2D eigenvalue weighted by Gasteiger charge is -2.44. The Kier molecular flexibility index (Phi) is 3.02. The van der Waals surface area contributed by atoms with Gasteiger partial charge in [0, 0.05) is 17.9 Å². The van der Waals surface area contributed by atoms with Gasteiger partial charge in [0.1, 0.15) is 0 Å². The van der Waals surface area contributed by atoms with Crippen LogP contribution in [0.15, 0.2) is 30.3 Å². The van der Waals surface area contributed by atoms with Crippen LogP contribution in [0.5, 0.6) is 0 Å². The molecule has 0 radical (unpaired) electrons. The lowest BCUT2D eigenvalue weighted by molar-refractivity contribution is 0.322. The van der Waals surface area contributed by atoms with Crippen LogP contribution < -0.4 is 5.73 Å². The van der Waals surface area contributed by atoms with Gasteiger partial charge in [-0.2, -0.15) is 0 Å². The summed E-state index contributed by atoms with van der Waals surface area (Å²) in [5, 5.41) is 8.83. The zero-order valence-electron chi connectivity index (χ0n) is 9.69. The van der Waals surface area contributed by atoms with Crippen LogP contribution in [0.3, 0.4) is 0 Å². The van der Waals surface area contributed by atoms with Gasteiger partial charge in [-0.05, 0) is 11.5 Å². The molecule has 1 fully saturated rings. The first kappa shape index (κ1) is 11.2. The molecule has 82 valence electrons. The van der Waals surface area contributed by atoms with Crippen LogP contribution in [0.2, 0.25) is 12.6 Å². The van der Waals surface area contributed by atoms with Crippen LogP contribution in [0.4, 0.5) is 0 Å². The zero-order chi connectivity index (χ0) is 11.6. The molecule has 16 heavy (non-hydrogen) atoms. The summed E-state index contributed by atoms with van der Waals surface area (Å²) < 4.78 is 0. The van der Waals surface area contributed by atoms with Crippen molar-refractivity contribution in [1.29, 1.82) is 5.26 Å². The van der Waals surface area contributed by atoms with Gasteiger partial charge in [-0.1, -0.05) is 49.9 Å². The molecule has 0 aliphatic carbocycles. The third kappa shape index (κ3) is 1.74. The molecule has 3 heteroatoms. The van der Waals surface area contributed by atoms with E-state index in [1.54, 1.807) is 0 Å². The SMILES string of the molecule is CC(CN)(c1ccccc1)C1CB(C#N)C1. The number of nitrogens with zero attached hydrogens (tertiary/aromatic N) is 1. The molecule has 1 atom stereocenters. The summed E-state index contributed by atoms with van der Waals surface area (Å²) in [6.45, 7) is 3.13. The number of nitriles is 1. The Morgan fingerprint density at radius 1 is 1.44 bits per heavy atom. The quantitative estimate of drug-likeness (QED) is 0.780. The van der Waals surface area contributed by atoms with E-state index in [2.05, 4.69) is 37.2 Å². The zero-order valence-corrected chi connectivity index (χ0v) is 9.69. The molecular weight excluding hydrogens is 195 g/mol. The highest BCUT2D eigenvalue weighted by molar-refractivity contribution is 6.69. The highest BCUT2D eigenvalue weighted by Crippen LogP contribution is 2.44. The summed E-state index contributed by atoms with van der Waals surface area (Å²) in [6, 6.07) is 10.4. The third-order valence-corrected chi connectivity index (χ3v) is 4.08. The molecule has 0 saturated carbocycles. The first-order valence-corrected chi connectivity index (χ1v) is 5.86. The molecule has 2 N–H and O–H groups in total. The van der Waals surface area contributed by atoms with Crippen LogP contribution in [-0.2, 0) is 5.41 Å². The van der Waals surface area contributed by atoms with Crippen molar-refractivity contribution >= 4 is 6.71 Å². The molecule has 0 spiro atoms. The van der Waals surface area contributed by atoms with Crippen LogP contribution in [0, 0.1) is 17.1 Å². The van der Waals surface area contributed by atoms with Crippen molar-refractivity contribution < 1.29 is 0 Å². The van der Waals surface area contributed by atoms with E-state index in [0.717, 1.165) is 12.6 Å². The van der Waals surface area contributed by atoms with Crippen LogP contribution >= 0.6 is 0 Å². The van der Waals surface area contributed by atoms with Gasteiger partial charge in [-0.15, -0.1) is 0 Å². The second-order valence-electron chi connectivity index (χ2n) is 4.98. The van der Waals surface area contributed by atoms with Crippen molar-refractivity contribution in [1.82, 2.24) is 0 Å². The van der Waals surface area contributed by atoms with Gasteiger partial charge in [0.15, 0.2) is 0 Å². The molecule has 1 aliphatic heterocycles. The Balaban J connectivity index is 2.18. The highest BCUT2D eigenvalue weighted by Gasteiger charge is 2.44. The second kappa shape index (κ2) is 4.31. The van der Waals surface area contributed by atoms with Crippen LogP contribution in [-0.4, -0.2) is 13.3 Å². The maximum absolute atomic E-state index is 8.83. The standard InChI is InChI=1S/C13H17BN2/c1-13(9-15,11-5-3-2-4-6-11)12-7-14(8-12)10-16/h2-6,12H,7-9,15H2,1H3. The number of hydrogen-bond acceptors (Lipinski definition) is 2. The minimum absolute atomic E-state index is 0.0363. The van der Waals surface area contributed by atoms with Crippen molar-refractivity contribution in [2.45, 2.75) is 25.0 Å². The maximum atomic E-state index is 8.83. The molecule has 2 rings (SSSR count). The fraction of sp³-hybridized carbons (Fsp3) is 0.462. The number of hydrogen-bond donors (Lipinski definition) is 1. The van der Waals surface area contributed by atoms with Gasteiger partial charge in [-0.25, -0.2) is 5.26 Å². The summed E-state index contributed by atoms with van der Waals surface area (Å²) >= 11 is 0. The van der Waals surface area contributed by atoms with E-state index in [1.165, 1.54) is 5.56 Å². The molecule has 0 bridgehead atoms. The number of rotatable bonds is 3. The number of benzene rings is 1. The third-order valence-electron chi connectivity index (χ3n) is 4.08. The lowest BCUT2D eigenvalue weighted by atomic mass is 9.29. The first-order chi connectivity index (χ1) is 7.70. The topological polar surface area (TPSA) is 49.8 Å². The van der Waals surface area contributed by atoms with Crippen LogP contribution in [0.1, 0.15) is 12.5 Å². The van der Waals surface area contributed by atoms with Gasteiger partial charge >= 0.3 is 0 Å². The van der Waals surface area contributed by atoms with E-state index in [4.69, 9.17) is 11.0 Å². The summed E-state index contributed by atoms with van der Waals surface area (Å²) in [7, 11) is 0. The largest absolute Gasteiger partial charge is 0.330 e. The van der Waals surface area contributed by atoms with Gasteiger partial charge in [0.05, 0.1) is 0 Å². The lowest BCUT2D eigenvalue weighted by Crippen LogP contribution is -2.48. The predicted octanol–water partition coefficient (Wildman–Crippen LogP) is 2.09. The van der Waals surface area contributed by atoms with Crippen molar-refractivity contribution in [3.8, 4) is 5.97 Å². The van der Waals surface area contributed by atoms with E-state index >= 15 is 0 Å². The predicted molar refractivity (Wildman–Crippen MR) is 67.3 cm³/mol. The molecule has 1 aliphatic rings. The monoisotopic (exact) mass is 212 g/mol. The minimum Gasteiger partial charge on any atom is -0.330 e. The molecule has 0 amide bonds. The molecule has 1 aromatic rings. The average Bonchev–Trinajstić information content (AvgIpc) is 2.28.